The summed E-state index contributed by atoms with van der Waals surface area (Å²) in [7, 11) is 0. The van der Waals surface area contributed by atoms with Crippen molar-refractivity contribution < 1.29 is 9.34 Å². The van der Waals surface area contributed by atoms with Gasteiger partial charge in [0.25, 0.3) is 5.69 Å². The smallest absolute Gasteiger partial charge is 0.280 e. The van der Waals surface area contributed by atoms with E-state index in [4.69, 9.17) is 16.6 Å². The lowest BCUT2D eigenvalue weighted by atomic mass is 10.0. The number of hydrogen-bond acceptors (Lipinski definition) is 5. The predicted molar refractivity (Wildman–Crippen MR) is 120 cm³/mol. The lowest BCUT2D eigenvalue weighted by Gasteiger charge is -2.31. The van der Waals surface area contributed by atoms with Gasteiger partial charge in [-0.05, 0) is 55.4 Å². The normalized spacial score (nSPS) is 21.4. The minimum absolute atomic E-state index is 0.0254. The maximum Gasteiger partial charge on any atom is 0.280 e. The number of thiocarbonyl (C=S) groups is 1. The van der Waals surface area contributed by atoms with Gasteiger partial charge in [-0.25, -0.2) is 0 Å². The summed E-state index contributed by atoms with van der Waals surface area (Å²) in [6, 6.07) is 16.2. The number of rotatable bonds is 5. The molecule has 2 aliphatic rings. The number of nitro benzene ring substituents is 1. The van der Waals surface area contributed by atoms with Crippen molar-refractivity contribution in [3.8, 4) is 11.3 Å². The molecule has 0 amide bonds. The van der Waals surface area contributed by atoms with Crippen LogP contribution in [0.5, 0.6) is 0 Å². The molecular formula is C23H22N4O3S. The SMILES string of the molecule is O=[N+]([O-])c1ccccc1-c1ccc([C@H]2[C@@H](c3ccccn3)NC(=S)N2C2CCCC2)o1. The summed E-state index contributed by atoms with van der Waals surface area (Å²) >= 11 is 5.74. The predicted octanol–water partition coefficient (Wildman–Crippen LogP) is 5.16. The van der Waals surface area contributed by atoms with E-state index in [1.165, 1.54) is 18.9 Å². The molecule has 0 unspecified atom stereocenters. The fourth-order valence-electron chi connectivity index (χ4n) is 4.74. The molecule has 0 spiro atoms. The second-order valence-corrected chi connectivity index (χ2v) is 8.34. The van der Waals surface area contributed by atoms with Crippen molar-refractivity contribution in [3.05, 3.63) is 82.4 Å². The van der Waals surface area contributed by atoms with Crippen molar-refractivity contribution >= 4 is 23.0 Å². The van der Waals surface area contributed by atoms with E-state index < -0.39 is 0 Å². The second-order valence-electron chi connectivity index (χ2n) is 7.95. The molecule has 2 fully saturated rings. The Morgan fingerprint density at radius 2 is 1.87 bits per heavy atom. The largest absolute Gasteiger partial charge is 0.459 e. The number of aromatic nitrogens is 1. The topological polar surface area (TPSA) is 84.4 Å². The minimum Gasteiger partial charge on any atom is -0.459 e. The van der Waals surface area contributed by atoms with Crippen LogP contribution < -0.4 is 5.32 Å². The van der Waals surface area contributed by atoms with Crippen LogP contribution in [-0.4, -0.2) is 26.0 Å². The van der Waals surface area contributed by atoms with Crippen LogP contribution in [0.1, 0.15) is 49.2 Å². The quantitative estimate of drug-likeness (QED) is 0.337. The summed E-state index contributed by atoms with van der Waals surface area (Å²) in [5.41, 5.74) is 1.38. The van der Waals surface area contributed by atoms with Crippen LogP contribution in [0.2, 0.25) is 0 Å². The molecule has 3 aromatic rings. The Labute approximate surface area is 185 Å². The van der Waals surface area contributed by atoms with Gasteiger partial charge in [-0.2, -0.15) is 0 Å². The Hall–Kier alpha value is -3.26. The lowest BCUT2D eigenvalue weighted by molar-refractivity contribution is -0.384. The number of nitrogens with zero attached hydrogens (tertiary/aromatic N) is 3. The third-order valence-electron chi connectivity index (χ3n) is 6.14. The van der Waals surface area contributed by atoms with E-state index in [1.807, 2.05) is 24.3 Å². The van der Waals surface area contributed by atoms with E-state index in [2.05, 4.69) is 15.2 Å². The molecular weight excluding hydrogens is 412 g/mol. The number of hydrogen-bond donors (Lipinski definition) is 1. The number of benzene rings is 1. The highest BCUT2D eigenvalue weighted by atomic mass is 32.1. The molecule has 3 heterocycles. The zero-order valence-electron chi connectivity index (χ0n) is 16.8. The summed E-state index contributed by atoms with van der Waals surface area (Å²) in [6.45, 7) is 0. The van der Waals surface area contributed by atoms with E-state index in [1.54, 1.807) is 30.5 Å². The molecule has 1 aliphatic heterocycles. The summed E-state index contributed by atoms with van der Waals surface area (Å²) in [5, 5.41) is 15.6. The molecule has 2 aromatic heterocycles. The Bertz CT molecular complexity index is 1110. The molecule has 0 radical (unpaired) electrons. The zero-order chi connectivity index (χ0) is 21.4. The molecule has 0 bridgehead atoms. The fraction of sp³-hybridized carbons (Fsp3) is 0.304. The van der Waals surface area contributed by atoms with Crippen LogP contribution in [-0.2, 0) is 0 Å². The third-order valence-corrected chi connectivity index (χ3v) is 6.47. The minimum atomic E-state index is -0.384. The Morgan fingerprint density at radius 1 is 1.10 bits per heavy atom. The van der Waals surface area contributed by atoms with Crippen LogP contribution in [0.25, 0.3) is 11.3 Å². The van der Waals surface area contributed by atoms with Crippen LogP contribution in [0, 0.1) is 10.1 Å². The summed E-state index contributed by atoms with van der Waals surface area (Å²) in [4.78, 5) is 17.9. The van der Waals surface area contributed by atoms with Gasteiger partial charge >= 0.3 is 0 Å². The van der Waals surface area contributed by atoms with Crippen molar-refractivity contribution in [2.45, 2.75) is 43.8 Å². The Balaban J connectivity index is 1.57. The van der Waals surface area contributed by atoms with Gasteiger partial charge in [0.05, 0.1) is 22.2 Å². The molecule has 1 saturated carbocycles. The number of furan rings is 1. The monoisotopic (exact) mass is 434 g/mol. The van der Waals surface area contributed by atoms with Gasteiger partial charge in [0.15, 0.2) is 5.11 Å². The van der Waals surface area contributed by atoms with Crippen molar-refractivity contribution in [1.29, 1.82) is 0 Å². The van der Waals surface area contributed by atoms with Gasteiger partial charge in [0.2, 0.25) is 0 Å². The van der Waals surface area contributed by atoms with Crippen molar-refractivity contribution in [3.63, 3.8) is 0 Å². The fourth-order valence-corrected chi connectivity index (χ4v) is 5.13. The summed E-state index contributed by atoms with van der Waals surface area (Å²) < 4.78 is 6.26. The highest BCUT2D eigenvalue weighted by Gasteiger charge is 2.45. The van der Waals surface area contributed by atoms with Gasteiger partial charge in [-0.15, -0.1) is 0 Å². The zero-order valence-corrected chi connectivity index (χ0v) is 17.6. The molecule has 8 heteroatoms. The molecule has 31 heavy (non-hydrogen) atoms. The van der Waals surface area contributed by atoms with Crippen molar-refractivity contribution in [2.75, 3.05) is 0 Å². The van der Waals surface area contributed by atoms with Gasteiger partial charge in [-0.1, -0.05) is 31.0 Å². The van der Waals surface area contributed by atoms with Crippen LogP contribution in [0.15, 0.2) is 65.2 Å². The first kappa shape index (κ1) is 19.7. The molecule has 1 saturated heterocycles. The van der Waals surface area contributed by atoms with Crippen LogP contribution >= 0.6 is 12.2 Å². The molecule has 5 rings (SSSR count). The highest BCUT2D eigenvalue weighted by molar-refractivity contribution is 7.80. The Morgan fingerprint density at radius 3 is 2.61 bits per heavy atom. The maximum absolute atomic E-state index is 11.5. The summed E-state index contributed by atoms with van der Waals surface area (Å²) in [6.07, 6.45) is 6.32. The van der Waals surface area contributed by atoms with Crippen LogP contribution in [0.3, 0.4) is 0 Å². The van der Waals surface area contributed by atoms with Gasteiger partial charge in [0, 0.05) is 18.3 Å². The third kappa shape index (κ3) is 3.57. The number of para-hydroxylation sites is 1. The first-order valence-electron chi connectivity index (χ1n) is 10.5. The first-order valence-corrected chi connectivity index (χ1v) is 10.9. The summed E-state index contributed by atoms with van der Waals surface area (Å²) in [5.74, 6) is 1.20. The molecule has 158 valence electrons. The van der Waals surface area contributed by atoms with E-state index in [0.717, 1.165) is 24.3 Å². The molecule has 2 atom stereocenters. The maximum atomic E-state index is 11.5. The van der Waals surface area contributed by atoms with Gasteiger partial charge in [0.1, 0.15) is 17.6 Å². The van der Waals surface area contributed by atoms with Crippen LogP contribution in [0.4, 0.5) is 5.69 Å². The van der Waals surface area contributed by atoms with Gasteiger partial charge < -0.3 is 14.6 Å². The highest BCUT2D eigenvalue weighted by Crippen LogP contribution is 2.44. The number of pyridine rings is 1. The van der Waals surface area contributed by atoms with E-state index in [9.17, 15) is 10.1 Å². The average Bonchev–Trinajstić information content (AvgIpc) is 3.54. The second kappa shape index (κ2) is 8.11. The van der Waals surface area contributed by atoms with Gasteiger partial charge in [-0.3, -0.25) is 15.1 Å². The molecule has 1 aliphatic carbocycles. The number of nitro groups is 1. The van der Waals surface area contributed by atoms with Crippen molar-refractivity contribution in [2.24, 2.45) is 0 Å². The average molecular weight is 435 g/mol. The molecule has 1 N–H and O–H groups in total. The Kier molecular flexibility index (Phi) is 5.15. The standard InChI is InChI=1S/C23H22N4O3S/c28-27(29)18-11-4-3-9-16(18)19-12-13-20(30-19)22-21(17-10-5-6-14-24-17)25-23(31)26(22)15-7-1-2-8-15/h3-6,9-15,21-22H,1-2,7-8H2,(H,25,31)/t21-,22+/m1/s1. The van der Waals surface area contributed by atoms with Crippen molar-refractivity contribution in [1.82, 2.24) is 15.2 Å². The van der Waals surface area contributed by atoms with E-state index >= 15 is 0 Å². The van der Waals surface area contributed by atoms with E-state index in [0.29, 0.717) is 22.5 Å². The molecule has 7 nitrogen and oxygen atoms in total. The lowest BCUT2D eigenvalue weighted by Crippen LogP contribution is -2.37. The van der Waals surface area contributed by atoms with E-state index in [-0.39, 0.29) is 22.7 Å². The molecule has 1 aromatic carbocycles. The number of nitrogens with one attached hydrogen (secondary N) is 1. The first-order chi connectivity index (χ1) is 15.1.